The van der Waals surface area contributed by atoms with Crippen LogP contribution in [0.1, 0.15) is 22.3 Å². The molecular weight excluding hydrogens is 550 g/mol. The minimum Gasteiger partial charge on any atom is -0.392 e. The van der Waals surface area contributed by atoms with Crippen LogP contribution in [0.2, 0.25) is 0 Å². The molecule has 0 bridgehead atoms. The second-order valence-electron chi connectivity index (χ2n) is 10.9. The van der Waals surface area contributed by atoms with E-state index >= 15 is 0 Å². The first kappa shape index (κ1) is 27.6. The highest BCUT2D eigenvalue weighted by molar-refractivity contribution is 6.15. The number of rotatable bonds is 6. The lowest BCUT2D eigenvalue weighted by Crippen LogP contribution is -2.10. The van der Waals surface area contributed by atoms with Gasteiger partial charge in [0.1, 0.15) is 6.07 Å². The maximum Gasteiger partial charge on any atom is 0.202 e. The smallest absolute Gasteiger partial charge is 0.202 e. The van der Waals surface area contributed by atoms with E-state index in [2.05, 4.69) is 88.6 Å². The quantitative estimate of drug-likeness (QED) is 0.122. The lowest BCUT2D eigenvalue weighted by atomic mass is 9.94. The molecule has 45 heavy (non-hydrogen) atoms. The van der Waals surface area contributed by atoms with Crippen molar-refractivity contribution < 1.29 is 5.11 Å². The number of nitriles is 1. The van der Waals surface area contributed by atoms with Gasteiger partial charge in [0.25, 0.3) is 0 Å². The molecule has 0 aromatic heterocycles. The van der Waals surface area contributed by atoms with E-state index in [0.29, 0.717) is 11.3 Å². The van der Waals surface area contributed by atoms with Crippen molar-refractivity contribution in [2.45, 2.75) is 6.61 Å². The Balaban J connectivity index is 1.26. The summed E-state index contributed by atoms with van der Waals surface area (Å²) < 4.78 is 0. The Bertz CT molecular complexity index is 2320. The highest BCUT2D eigenvalue weighted by atomic mass is 16.3. The van der Waals surface area contributed by atoms with Gasteiger partial charge < -0.3 is 10.0 Å². The van der Waals surface area contributed by atoms with E-state index in [9.17, 15) is 10.4 Å². The Morgan fingerprint density at radius 2 is 1.24 bits per heavy atom. The van der Waals surface area contributed by atoms with Gasteiger partial charge in [-0.05, 0) is 74.0 Å². The first-order valence-corrected chi connectivity index (χ1v) is 14.7. The highest BCUT2D eigenvalue weighted by Crippen LogP contribution is 2.40. The molecular formula is C41H27N3O. The summed E-state index contributed by atoms with van der Waals surface area (Å²) in [5.74, 6) is 0. The Kier molecular flexibility index (Phi) is 7.26. The van der Waals surface area contributed by atoms with Gasteiger partial charge in [0, 0.05) is 16.8 Å². The molecule has 4 nitrogen and oxygen atoms in total. The lowest BCUT2D eigenvalue weighted by Gasteiger charge is -2.27. The Hall–Kier alpha value is -6.20. The van der Waals surface area contributed by atoms with Crippen LogP contribution in [0.25, 0.3) is 49.3 Å². The Labute approximate surface area is 261 Å². The third-order valence-electron chi connectivity index (χ3n) is 8.25. The van der Waals surface area contributed by atoms with Gasteiger partial charge in [-0.1, -0.05) is 115 Å². The van der Waals surface area contributed by atoms with E-state index in [1.165, 1.54) is 0 Å². The predicted octanol–water partition coefficient (Wildman–Crippen LogP) is 10.7. The second kappa shape index (κ2) is 11.8. The van der Waals surface area contributed by atoms with Gasteiger partial charge in [0.15, 0.2) is 0 Å². The van der Waals surface area contributed by atoms with Crippen molar-refractivity contribution in [3.63, 3.8) is 0 Å². The van der Waals surface area contributed by atoms with Crippen LogP contribution in [-0.2, 0) is 6.61 Å². The van der Waals surface area contributed by atoms with Crippen LogP contribution in [0.4, 0.5) is 22.7 Å². The maximum absolute atomic E-state index is 9.95. The Morgan fingerprint density at radius 3 is 1.96 bits per heavy atom. The van der Waals surface area contributed by atoms with Gasteiger partial charge >= 0.3 is 0 Å². The highest BCUT2D eigenvalue weighted by Gasteiger charge is 2.16. The van der Waals surface area contributed by atoms with Crippen LogP contribution in [0.5, 0.6) is 0 Å². The molecule has 0 radical (unpaired) electrons. The molecule has 0 spiro atoms. The molecule has 0 amide bonds. The number of aliphatic hydroxyl groups excluding tert-OH is 1. The van der Waals surface area contributed by atoms with Crippen LogP contribution in [0.3, 0.4) is 0 Å². The average Bonchev–Trinajstić information content (AvgIpc) is 3.10. The molecule has 1 N–H and O–H groups in total. The fourth-order valence-corrected chi connectivity index (χ4v) is 6.03. The molecule has 0 unspecified atom stereocenters. The van der Waals surface area contributed by atoms with E-state index in [-0.39, 0.29) is 6.61 Å². The topological polar surface area (TPSA) is 51.6 Å². The van der Waals surface area contributed by atoms with Crippen LogP contribution in [-0.4, -0.2) is 5.11 Å². The standard InChI is InChI=1S/C41H27N3O/c1-43-41-37-11-5-4-10-35(37)39(26-42)36-24-19-29(25-38(36)41)14-13-28-15-20-32(21-16-28)44(33-22-17-30(27-45)18-23-33)40-12-6-8-31-7-2-3-9-34(31)40/h2-25,45H,27H2. The fourth-order valence-electron chi connectivity index (χ4n) is 6.03. The van der Waals surface area contributed by atoms with Crippen molar-refractivity contribution in [3.05, 3.63) is 167 Å². The molecule has 0 heterocycles. The molecule has 0 fully saturated rings. The molecule has 0 saturated carbocycles. The zero-order chi connectivity index (χ0) is 30.8. The molecule has 0 atom stereocenters. The molecule has 0 aliphatic rings. The number of anilines is 3. The summed E-state index contributed by atoms with van der Waals surface area (Å²) in [5.41, 5.74) is 7.12. The zero-order valence-corrected chi connectivity index (χ0v) is 24.4. The summed E-state index contributed by atoms with van der Waals surface area (Å²) in [6, 6.07) is 47.0. The summed E-state index contributed by atoms with van der Waals surface area (Å²) in [5, 5.41) is 25.1. The number of nitrogens with zero attached hydrogens (tertiary/aromatic N) is 3. The van der Waals surface area contributed by atoms with Crippen molar-refractivity contribution in [2.24, 2.45) is 0 Å². The first-order chi connectivity index (χ1) is 22.2. The van der Waals surface area contributed by atoms with E-state index in [1.807, 2.05) is 72.8 Å². The van der Waals surface area contributed by atoms with E-state index < -0.39 is 0 Å². The zero-order valence-electron chi connectivity index (χ0n) is 24.4. The Morgan fingerprint density at radius 1 is 0.644 bits per heavy atom. The third kappa shape index (κ3) is 5.07. The molecule has 0 aliphatic carbocycles. The van der Waals surface area contributed by atoms with Gasteiger partial charge in [-0.2, -0.15) is 5.26 Å². The van der Waals surface area contributed by atoms with E-state index in [0.717, 1.165) is 66.1 Å². The van der Waals surface area contributed by atoms with Gasteiger partial charge in [-0.3, -0.25) is 0 Å². The van der Waals surface area contributed by atoms with E-state index in [1.54, 1.807) is 0 Å². The monoisotopic (exact) mass is 577 g/mol. The van der Waals surface area contributed by atoms with Gasteiger partial charge in [0.2, 0.25) is 5.69 Å². The van der Waals surface area contributed by atoms with Crippen LogP contribution < -0.4 is 4.90 Å². The first-order valence-electron chi connectivity index (χ1n) is 14.7. The van der Waals surface area contributed by atoms with Crippen molar-refractivity contribution in [1.82, 2.24) is 0 Å². The van der Waals surface area contributed by atoms with Gasteiger partial charge in [0.05, 0.1) is 24.4 Å². The van der Waals surface area contributed by atoms with Crippen LogP contribution in [0.15, 0.2) is 133 Å². The van der Waals surface area contributed by atoms with Crippen molar-refractivity contribution in [1.29, 1.82) is 5.26 Å². The number of hydrogen-bond acceptors (Lipinski definition) is 3. The van der Waals surface area contributed by atoms with Crippen molar-refractivity contribution in [3.8, 4) is 6.07 Å². The minimum atomic E-state index is 0.00204. The molecule has 4 heteroatoms. The van der Waals surface area contributed by atoms with Crippen LogP contribution >= 0.6 is 0 Å². The van der Waals surface area contributed by atoms with Crippen molar-refractivity contribution >= 4 is 67.2 Å². The molecule has 7 aromatic rings. The van der Waals surface area contributed by atoms with Gasteiger partial charge in [-0.25, -0.2) is 4.85 Å². The maximum atomic E-state index is 9.95. The molecule has 7 aromatic carbocycles. The molecule has 212 valence electrons. The summed E-state index contributed by atoms with van der Waals surface area (Å²) in [6.45, 7) is 7.90. The summed E-state index contributed by atoms with van der Waals surface area (Å²) >= 11 is 0. The summed E-state index contributed by atoms with van der Waals surface area (Å²) in [4.78, 5) is 6.11. The lowest BCUT2D eigenvalue weighted by molar-refractivity contribution is 0.282. The number of fused-ring (bicyclic) bond motifs is 3. The molecule has 0 aliphatic heterocycles. The number of aliphatic hydroxyl groups is 1. The van der Waals surface area contributed by atoms with Crippen LogP contribution in [0, 0.1) is 17.9 Å². The van der Waals surface area contributed by atoms with Gasteiger partial charge in [-0.15, -0.1) is 0 Å². The van der Waals surface area contributed by atoms with E-state index in [4.69, 9.17) is 6.57 Å². The SMILES string of the molecule is [C-]#[N+]c1c2ccccc2c(C#N)c2ccc(C=Cc3ccc(N(c4ccc(CO)cc4)c4cccc5ccccc45)cc3)cc12. The third-order valence-corrected chi connectivity index (χ3v) is 8.25. The summed E-state index contributed by atoms with van der Waals surface area (Å²) in [7, 11) is 0. The normalized spacial score (nSPS) is 11.2. The molecule has 7 rings (SSSR count). The minimum absolute atomic E-state index is 0.00204. The predicted molar refractivity (Wildman–Crippen MR) is 186 cm³/mol. The van der Waals surface area contributed by atoms with Crippen molar-refractivity contribution in [2.75, 3.05) is 4.90 Å². The summed E-state index contributed by atoms with van der Waals surface area (Å²) in [6.07, 6.45) is 4.10. The largest absolute Gasteiger partial charge is 0.392 e. The second-order valence-corrected chi connectivity index (χ2v) is 10.9. The molecule has 0 saturated heterocycles. The number of hydrogen-bond donors (Lipinski definition) is 1. The number of benzene rings is 7. The fraction of sp³-hybridized carbons (Fsp3) is 0.0244. The average molecular weight is 578 g/mol.